The van der Waals surface area contributed by atoms with E-state index in [0.717, 1.165) is 72.0 Å². The monoisotopic (exact) mass is 790 g/mol. The van der Waals surface area contributed by atoms with Crippen molar-refractivity contribution in [2.75, 3.05) is 0 Å². The molecule has 1 atom stereocenters. The summed E-state index contributed by atoms with van der Waals surface area (Å²) in [7, 11) is 0. The first-order valence-electron chi connectivity index (χ1n) is 21.1. The third-order valence-electron chi connectivity index (χ3n) is 12.3. The molecule has 10 aromatic carbocycles. The normalized spacial score (nSPS) is 14.0. The molecule has 0 fully saturated rings. The number of fused-ring (bicyclic) bond motifs is 6. The summed E-state index contributed by atoms with van der Waals surface area (Å²) >= 11 is 0. The minimum atomic E-state index is -0.386. The molecule has 0 radical (unpaired) electrons. The van der Waals surface area contributed by atoms with E-state index in [1.807, 2.05) is 6.20 Å². The highest BCUT2D eigenvalue weighted by atomic mass is 15.2. The molecule has 2 heterocycles. The summed E-state index contributed by atoms with van der Waals surface area (Å²) in [5.74, 6) is 1.47. The lowest BCUT2D eigenvalue weighted by Gasteiger charge is -2.25. The van der Waals surface area contributed by atoms with Gasteiger partial charge < -0.3 is 5.32 Å². The van der Waals surface area contributed by atoms with Gasteiger partial charge in [0.2, 0.25) is 0 Å². The zero-order valence-corrected chi connectivity index (χ0v) is 33.7. The molecule has 0 aliphatic carbocycles. The minimum Gasteiger partial charge on any atom is -0.344 e. The SMILES string of the molecule is c1ccc2c(C3=NC(c4cccc5ccccc45)NC(c4cc(-c5ccc(-c6nccc7ccccc67)cc5)cc(-c5cc6ccccc6c6ccccc56)c4)=N3)cccc2c1. The van der Waals surface area contributed by atoms with Crippen LogP contribution in [0.1, 0.15) is 22.9 Å². The molecule has 1 N–H and O–H groups in total. The average molecular weight is 791 g/mol. The molecule has 11 aromatic rings. The van der Waals surface area contributed by atoms with E-state index in [2.05, 4.69) is 218 Å². The van der Waals surface area contributed by atoms with Crippen molar-refractivity contribution in [2.24, 2.45) is 9.98 Å². The first kappa shape index (κ1) is 35.7. The van der Waals surface area contributed by atoms with Crippen LogP contribution in [-0.2, 0) is 0 Å². The molecule has 0 bridgehead atoms. The molecule has 1 aliphatic rings. The second-order valence-corrected chi connectivity index (χ2v) is 16.0. The molecule has 0 saturated carbocycles. The van der Waals surface area contributed by atoms with E-state index >= 15 is 0 Å². The maximum Gasteiger partial charge on any atom is 0.160 e. The number of pyridine rings is 1. The van der Waals surface area contributed by atoms with E-state index in [-0.39, 0.29) is 6.17 Å². The lowest BCUT2D eigenvalue weighted by molar-refractivity contribution is 0.680. The molecule has 0 saturated heterocycles. The lowest BCUT2D eigenvalue weighted by atomic mass is 9.90. The zero-order chi connectivity index (χ0) is 41.0. The van der Waals surface area contributed by atoms with E-state index in [9.17, 15) is 0 Å². The Morgan fingerprint density at radius 1 is 0.355 bits per heavy atom. The zero-order valence-electron chi connectivity index (χ0n) is 33.7. The van der Waals surface area contributed by atoms with Crippen molar-refractivity contribution in [1.82, 2.24) is 10.3 Å². The van der Waals surface area contributed by atoms with Gasteiger partial charge in [0.05, 0.1) is 5.69 Å². The second kappa shape index (κ2) is 14.8. The number of hydrogen-bond acceptors (Lipinski definition) is 4. The number of hydrogen-bond donors (Lipinski definition) is 1. The van der Waals surface area contributed by atoms with Crippen molar-refractivity contribution in [3.8, 4) is 33.5 Å². The number of benzene rings is 10. The van der Waals surface area contributed by atoms with E-state index in [1.165, 1.54) is 37.9 Å². The summed E-state index contributed by atoms with van der Waals surface area (Å²) in [6.45, 7) is 0. The number of nitrogens with zero attached hydrogens (tertiary/aromatic N) is 3. The van der Waals surface area contributed by atoms with Gasteiger partial charge in [-0.15, -0.1) is 0 Å². The maximum atomic E-state index is 5.44. The molecule has 1 unspecified atom stereocenters. The Balaban J connectivity index is 1.07. The van der Waals surface area contributed by atoms with Crippen LogP contribution >= 0.6 is 0 Å². The van der Waals surface area contributed by atoms with E-state index in [1.54, 1.807) is 0 Å². The van der Waals surface area contributed by atoms with Gasteiger partial charge >= 0.3 is 0 Å². The quantitative estimate of drug-likeness (QED) is 0.171. The van der Waals surface area contributed by atoms with Crippen LogP contribution in [-0.4, -0.2) is 16.7 Å². The number of rotatable bonds is 6. The summed E-state index contributed by atoms with van der Waals surface area (Å²) in [5, 5.41) is 15.7. The first-order valence-corrected chi connectivity index (χ1v) is 21.1. The molecule has 0 amide bonds. The van der Waals surface area contributed by atoms with Gasteiger partial charge in [0.15, 0.2) is 5.84 Å². The third kappa shape index (κ3) is 6.20. The molecule has 0 spiro atoms. The summed E-state index contributed by atoms with van der Waals surface area (Å²) in [4.78, 5) is 15.7. The van der Waals surface area contributed by atoms with Crippen molar-refractivity contribution >= 4 is 65.5 Å². The van der Waals surface area contributed by atoms with Crippen LogP contribution in [0.4, 0.5) is 0 Å². The average Bonchev–Trinajstić information content (AvgIpc) is 3.35. The van der Waals surface area contributed by atoms with Crippen molar-refractivity contribution in [1.29, 1.82) is 0 Å². The van der Waals surface area contributed by atoms with Crippen molar-refractivity contribution < 1.29 is 0 Å². The number of aliphatic imine (C=N–C) groups is 2. The highest BCUT2D eigenvalue weighted by Gasteiger charge is 2.25. The van der Waals surface area contributed by atoms with Crippen LogP contribution in [0, 0.1) is 0 Å². The summed E-state index contributed by atoms with van der Waals surface area (Å²) in [6.07, 6.45) is 1.51. The second-order valence-electron chi connectivity index (χ2n) is 16.0. The van der Waals surface area contributed by atoms with Gasteiger partial charge in [0, 0.05) is 33.8 Å². The predicted molar refractivity (Wildman–Crippen MR) is 260 cm³/mol. The minimum absolute atomic E-state index is 0.386. The summed E-state index contributed by atoms with van der Waals surface area (Å²) < 4.78 is 0. The van der Waals surface area contributed by atoms with Crippen LogP contribution in [0.15, 0.2) is 229 Å². The Hall–Kier alpha value is -8.21. The van der Waals surface area contributed by atoms with Gasteiger partial charge in [-0.1, -0.05) is 182 Å². The van der Waals surface area contributed by atoms with Crippen LogP contribution in [0.2, 0.25) is 0 Å². The van der Waals surface area contributed by atoms with Crippen molar-refractivity contribution in [2.45, 2.75) is 6.17 Å². The molecular formula is C58H38N4. The fourth-order valence-electron chi connectivity index (χ4n) is 9.34. The van der Waals surface area contributed by atoms with Crippen molar-refractivity contribution in [3.63, 3.8) is 0 Å². The van der Waals surface area contributed by atoms with E-state index < -0.39 is 0 Å². The van der Waals surface area contributed by atoms with Gasteiger partial charge in [0.1, 0.15) is 12.0 Å². The maximum absolute atomic E-state index is 5.44. The Morgan fingerprint density at radius 2 is 0.919 bits per heavy atom. The fourth-order valence-corrected chi connectivity index (χ4v) is 9.34. The smallest absolute Gasteiger partial charge is 0.160 e. The highest BCUT2D eigenvalue weighted by molar-refractivity contribution is 6.19. The predicted octanol–water partition coefficient (Wildman–Crippen LogP) is 14.3. The molecular weight excluding hydrogens is 753 g/mol. The third-order valence-corrected chi connectivity index (χ3v) is 12.3. The number of aromatic nitrogens is 1. The number of nitrogens with one attached hydrogen (secondary N) is 1. The topological polar surface area (TPSA) is 49.6 Å². The van der Waals surface area contributed by atoms with Gasteiger partial charge in [-0.25, -0.2) is 9.98 Å². The first-order chi connectivity index (χ1) is 30.7. The van der Waals surface area contributed by atoms with E-state index in [4.69, 9.17) is 15.0 Å². The van der Waals surface area contributed by atoms with Crippen LogP contribution in [0.3, 0.4) is 0 Å². The number of amidine groups is 2. The standard InChI is InChI=1S/C58H38N4/c1-5-19-46-38(13-1)17-11-25-52(46)57-60-56(61-58(62-57)53-26-12-18-39-14-2-6-20-47(39)53)45-34-43(37-27-29-41(30-28-37)55-49-22-8-3-15-40(49)31-32-59-55)33-44(35-45)54-36-42-16-4-7-21-48(42)50-23-9-10-24-51(50)54/h1-36,57H,(H,60,61,62). The molecule has 1 aliphatic heterocycles. The van der Waals surface area contributed by atoms with Crippen LogP contribution in [0.25, 0.3) is 87.4 Å². The molecule has 290 valence electrons. The van der Waals surface area contributed by atoms with E-state index in [0.29, 0.717) is 5.84 Å². The Labute approximate surface area is 359 Å². The van der Waals surface area contributed by atoms with Gasteiger partial charge in [-0.2, -0.15) is 0 Å². The molecule has 12 rings (SSSR count). The molecule has 1 aromatic heterocycles. The van der Waals surface area contributed by atoms with Gasteiger partial charge in [0.25, 0.3) is 0 Å². The molecule has 62 heavy (non-hydrogen) atoms. The van der Waals surface area contributed by atoms with Gasteiger partial charge in [-0.3, -0.25) is 4.98 Å². The van der Waals surface area contributed by atoms with Gasteiger partial charge in [-0.05, 0) is 101 Å². The molecule has 4 nitrogen and oxygen atoms in total. The fraction of sp³-hybridized carbons (Fsp3) is 0.0172. The Kier molecular flexibility index (Phi) is 8.53. The lowest BCUT2D eigenvalue weighted by Crippen LogP contribution is -2.33. The largest absolute Gasteiger partial charge is 0.344 e. The summed E-state index contributed by atoms with van der Waals surface area (Å²) in [6, 6.07) is 75.9. The van der Waals surface area contributed by atoms with Crippen LogP contribution in [0.5, 0.6) is 0 Å². The Morgan fingerprint density at radius 3 is 1.71 bits per heavy atom. The molecule has 4 heteroatoms. The van der Waals surface area contributed by atoms with Crippen molar-refractivity contribution in [3.05, 3.63) is 235 Å². The highest BCUT2D eigenvalue weighted by Crippen LogP contribution is 2.39. The van der Waals surface area contributed by atoms with Crippen LogP contribution < -0.4 is 5.32 Å². The summed E-state index contributed by atoms with van der Waals surface area (Å²) in [5.41, 5.74) is 9.61. The Bertz CT molecular complexity index is 3600.